The summed E-state index contributed by atoms with van der Waals surface area (Å²) in [6, 6.07) is 6.08. The number of hydrogen-bond donors (Lipinski definition) is 1. The van der Waals surface area contributed by atoms with Crippen molar-refractivity contribution in [3.05, 3.63) is 46.8 Å². The van der Waals surface area contributed by atoms with Crippen LogP contribution in [-0.2, 0) is 16.0 Å². The number of rotatable bonds is 5. The maximum absolute atomic E-state index is 12.1. The first-order chi connectivity index (χ1) is 12.0. The molecule has 2 aromatic rings. The first kappa shape index (κ1) is 17.4. The molecule has 0 aliphatic heterocycles. The van der Waals surface area contributed by atoms with Crippen molar-refractivity contribution in [3.8, 4) is 5.69 Å². The lowest BCUT2D eigenvalue weighted by atomic mass is 9.92. The van der Waals surface area contributed by atoms with Gasteiger partial charge in [-0.2, -0.15) is 5.10 Å². The van der Waals surface area contributed by atoms with Gasteiger partial charge < -0.3 is 5.32 Å². The molecule has 0 spiro atoms. The van der Waals surface area contributed by atoms with Gasteiger partial charge >= 0.3 is 0 Å². The van der Waals surface area contributed by atoms with Gasteiger partial charge in [0.1, 0.15) is 0 Å². The average molecular weight is 339 g/mol. The Balaban J connectivity index is 1.89. The fourth-order valence-corrected chi connectivity index (χ4v) is 3.46. The molecule has 1 amide bonds. The minimum Gasteiger partial charge on any atom is -0.343 e. The second-order valence-corrected chi connectivity index (χ2v) is 6.77. The SMILES string of the molecule is CCCC(=O)C(=O)N[C@@H]1CCCc2c1cnn2-c1cccc(C)c1C. The minimum atomic E-state index is -0.473. The first-order valence-corrected chi connectivity index (χ1v) is 9.00. The van der Waals surface area contributed by atoms with Gasteiger partial charge in [-0.3, -0.25) is 9.59 Å². The second kappa shape index (κ2) is 7.21. The normalized spacial score (nSPS) is 16.4. The summed E-state index contributed by atoms with van der Waals surface area (Å²) in [4.78, 5) is 23.9. The fourth-order valence-electron chi connectivity index (χ4n) is 3.46. The Morgan fingerprint density at radius 1 is 1.32 bits per heavy atom. The highest BCUT2D eigenvalue weighted by Gasteiger charge is 2.27. The molecule has 0 fully saturated rings. The van der Waals surface area contributed by atoms with E-state index in [2.05, 4.69) is 36.4 Å². The average Bonchev–Trinajstić information content (AvgIpc) is 3.02. The molecule has 132 valence electrons. The van der Waals surface area contributed by atoms with E-state index in [1.165, 1.54) is 11.1 Å². The Bertz CT molecular complexity index is 807. The Hall–Kier alpha value is -2.43. The standard InChI is InChI=1S/C20H25N3O2/c1-4-7-19(24)20(25)22-16-9-6-11-18-15(16)12-21-23(18)17-10-5-8-13(2)14(17)3/h5,8,10,12,16H,4,6-7,9,11H2,1-3H3,(H,22,25)/t16-/m1/s1. The number of fused-ring (bicyclic) bond motifs is 1. The zero-order valence-corrected chi connectivity index (χ0v) is 15.1. The maximum atomic E-state index is 12.1. The number of hydrogen-bond acceptors (Lipinski definition) is 3. The van der Waals surface area contributed by atoms with E-state index in [0.29, 0.717) is 12.8 Å². The lowest BCUT2D eigenvalue weighted by Crippen LogP contribution is -2.35. The molecule has 1 aromatic carbocycles. The third-order valence-electron chi connectivity index (χ3n) is 5.02. The first-order valence-electron chi connectivity index (χ1n) is 9.00. The van der Waals surface area contributed by atoms with Crippen LogP contribution in [0.1, 0.15) is 61.0 Å². The molecule has 5 nitrogen and oxygen atoms in total. The van der Waals surface area contributed by atoms with Gasteiger partial charge in [-0.1, -0.05) is 19.1 Å². The molecule has 0 unspecified atom stereocenters. The molecule has 1 atom stereocenters. The molecular formula is C20H25N3O2. The van der Waals surface area contributed by atoms with Crippen molar-refractivity contribution in [2.45, 2.75) is 58.9 Å². The van der Waals surface area contributed by atoms with E-state index in [-0.39, 0.29) is 11.8 Å². The number of nitrogens with one attached hydrogen (secondary N) is 1. The van der Waals surface area contributed by atoms with Gasteiger partial charge in [0.15, 0.2) is 0 Å². The number of nitrogens with zero attached hydrogens (tertiary/aromatic N) is 2. The molecule has 25 heavy (non-hydrogen) atoms. The number of ketones is 1. The molecule has 1 aliphatic rings. The molecule has 5 heteroatoms. The van der Waals surface area contributed by atoms with Crippen LogP contribution >= 0.6 is 0 Å². The molecule has 1 aliphatic carbocycles. The second-order valence-electron chi connectivity index (χ2n) is 6.77. The van der Waals surface area contributed by atoms with Crippen molar-refractivity contribution < 1.29 is 9.59 Å². The molecule has 0 radical (unpaired) electrons. The number of amides is 1. The molecule has 0 saturated heterocycles. The van der Waals surface area contributed by atoms with E-state index in [9.17, 15) is 9.59 Å². The molecule has 1 aromatic heterocycles. The highest BCUT2D eigenvalue weighted by atomic mass is 16.2. The van der Waals surface area contributed by atoms with Crippen molar-refractivity contribution in [2.24, 2.45) is 0 Å². The van der Waals surface area contributed by atoms with Crippen LogP contribution < -0.4 is 5.32 Å². The molecule has 1 heterocycles. The number of carbonyl (C=O) groups excluding carboxylic acids is 2. The summed E-state index contributed by atoms with van der Waals surface area (Å²) in [5, 5.41) is 7.50. The maximum Gasteiger partial charge on any atom is 0.287 e. The Morgan fingerprint density at radius 3 is 2.88 bits per heavy atom. The molecule has 1 N–H and O–H groups in total. The zero-order chi connectivity index (χ0) is 18.0. The van der Waals surface area contributed by atoms with Gasteiger partial charge in [-0.25, -0.2) is 4.68 Å². The predicted molar refractivity (Wildman–Crippen MR) is 96.8 cm³/mol. The third-order valence-corrected chi connectivity index (χ3v) is 5.02. The number of aryl methyl sites for hydroxylation is 1. The highest BCUT2D eigenvalue weighted by molar-refractivity contribution is 6.36. The van der Waals surface area contributed by atoms with Crippen molar-refractivity contribution in [3.63, 3.8) is 0 Å². The number of benzene rings is 1. The summed E-state index contributed by atoms with van der Waals surface area (Å²) in [6.45, 7) is 6.10. The van der Waals surface area contributed by atoms with E-state index in [1.807, 2.05) is 23.9 Å². The van der Waals surface area contributed by atoms with Crippen LogP contribution in [0.3, 0.4) is 0 Å². The summed E-state index contributed by atoms with van der Waals surface area (Å²) in [5.41, 5.74) is 5.68. The van der Waals surface area contributed by atoms with E-state index in [4.69, 9.17) is 0 Å². The molecule has 3 rings (SSSR count). The Labute approximate surface area is 148 Å². The van der Waals surface area contributed by atoms with Crippen LogP contribution in [0.4, 0.5) is 0 Å². The van der Waals surface area contributed by atoms with E-state index in [0.717, 1.165) is 36.2 Å². The van der Waals surface area contributed by atoms with Crippen LogP contribution in [0.15, 0.2) is 24.4 Å². The van der Waals surface area contributed by atoms with Crippen LogP contribution in [-0.4, -0.2) is 21.5 Å². The summed E-state index contributed by atoms with van der Waals surface area (Å²) >= 11 is 0. The number of Topliss-reactive ketones (excluding diaryl/α,β-unsaturated/α-hetero) is 1. The Morgan fingerprint density at radius 2 is 2.12 bits per heavy atom. The van der Waals surface area contributed by atoms with E-state index in [1.54, 1.807) is 0 Å². The molecule has 0 bridgehead atoms. The largest absolute Gasteiger partial charge is 0.343 e. The van der Waals surface area contributed by atoms with Gasteiger partial charge in [0.05, 0.1) is 17.9 Å². The topological polar surface area (TPSA) is 64.0 Å². The summed E-state index contributed by atoms with van der Waals surface area (Å²) in [5.74, 6) is -0.810. The quantitative estimate of drug-likeness (QED) is 0.850. The third kappa shape index (κ3) is 3.36. The van der Waals surface area contributed by atoms with Crippen molar-refractivity contribution in [1.82, 2.24) is 15.1 Å². The summed E-state index contributed by atoms with van der Waals surface area (Å²) < 4.78 is 1.99. The lowest BCUT2D eigenvalue weighted by molar-refractivity contribution is -0.138. The van der Waals surface area contributed by atoms with Crippen LogP contribution in [0.2, 0.25) is 0 Å². The van der Waals surface area contributed by atoms with Crippen LogP contribution in [0, 0.1) is 13.8 Å². The monoisotopic (exact) mass is 339 g/mol. The summed E-state index contributed by atoms with van der Waals surface area (Å²) in [7, 11) is 0. The Kier molecular flexibility index (Phi) is 5.02. The molecule has 0 saturated carbocycles. The molecular weight excluding hydrogens is 314 g/mol. The minimum absolute atomic E-state index is 0.129. The van der Waals surface area contributed by atoms with E-state index < -0.39 is 5.91 Å². The fraction of sp³-hybridized carbons (Fsp3) is 0.450. The zero-order valence-electron chi connectivity index (χ0n) is 15.1. The van der Waals surface area contributed by atoms with Gasteiger partial charge in [0.25, 0.3) is 5.91 Å². The van der Waals surface area contributed by atoms with E-state index >= 15 is 0 Å². The lowest BCUT2D eigenvalue weighted by Gasteiger charge is -2.24. The van der Waals surface area contributed by atoms with Gasteiger partial charge in [-0.15, -0.1) is 0 Å². The van der Waals surface area contributed by atoms with Gasteiger partial charge in [-0.05, 0) is 56.7 Å². The van der Waals surface area contributed by atoms with Crippen LogP contribution in [0.25, 0.3) is 5.69 Å². The van der Waals surface area contributed by atoms with Crippen molar-refractivity contribution in [1.29, 1.82) is 0 Å². The summed E-state index contributed by atoms with van der Waals surface area (Å²) in [6.07, 6.45) is 5.57. The smallest absolute Gasteiger partial charge is 0.287 e. The van der Waals surface area contributed by atoms with Crippen LogP contribution in [0.5, 0.6) is 0 Å². The van der Waals surface area contributed by atoms with Gasteiger partial charge in [0, 0.05) is 17.7 Å². The van der Waals surface area contributed by atoms with Gasteiger partial charge in [0.2, 0.25) is 5.78 Å². The highest BCUT2D eigenvalue weighted by Crippen LogP contribution is 2.32. The number of aromatic nitrogens is 2. The van der Waals surface area contributed by atoms with Crippen molar-refractivity contribution in [2.75, 3.05) is 0 Å². The number of carbonyl (C=O) groups is 2. The predicted octanol–water partition coefficient (Wildman–Crippen LogP) is 3.35. The van der Waals surface area contributed by atoms with Crippen molar-refractivity contribution >= 4 is 11.7 Å².